The third-order valence-corrected chi connectivity index (χ3v) is 4.51. The van der Waals surface area contributed by atoms with E-state index in [0.717, 1.165) is 16.8 Å². The van der Waals surface area contributed by atoms with Gasteiger partial charge in [-0.15, -0.1) is 5.10 Å². The molecule has 148 valence electrons. The van der Waals surface area contributed by atoms with E-state index in [9.17, 15) is 21.6 Å². The molecule has 0 saturated carbocycles. The molecule has 28 heavy (non-hydrogen) atoms. The first kappa shape index (κ1) is 19.6. The van der Waals surface area contributed by atoms with E-state index in [1.165, 1.54) is 24.2 Å². The summed E-state index contributed by atoms with van der Waals surface area (Å²) in [6, 6.07) is 2.74. The summed E-state index contributed by atoms with van der Waals surface area (Å²) in [6.45, 7) is 0.725. The van der Waals surface area contributed by atoms with Gasteiger partial charge in [0, 0.05) is 18.9 Å². The minimum atomic E-state index is -5.96. The van der Waals surface area contributed by atoms with Gasteiger partial charge in [-0.05, 0) is 6.07 Å². The fraction of sp³-hybridized carbons (Fsp3) is 0.286. The number of alkyl halides is 3. The molecule has 3 aromatic rings. The van der Waals surface area contributed by atoms with Crippen LogP contribution in [0.1, 0.15) is 5.56 Å². The molecule has 0 aromatic carbocycles. The van der Waals surface area contributed by atoms with Crippen LogP contribution in [0.2, 0.25) is 0 Å². The largest absolute Gasteiger partial charge is 0.534 e. The van der Waals surface area contributed by atoms with Crippen LogP contribution < -0.4 is 4.18 Å². The average molecular weight is 416 g/mol. The lowest BCUT2D eigenvalue weighted by Gasteiger charge is -2.11. The third kappa shape index (κ3) is 3.62. The van der Waals surface area contributed by atoms with Crippen LogP contribution in [-0.4, -0.2) is 52.3 Å². The van der Waals surface area contributed by atoms with E-state index in [0.29, 0.717) is 13.2 Å². The predicted molar refractivity (Wildman–Crippen MR) is 86.4 cm³/mol. The van der Waals surface area contributed by atoms with Crippen molar-refractivity contribution in [3.63, 3.8) is 0 Å². The Morgan fingerprint density at radius 2 is 2.07 bits per heavy atom. The molecule has 0 N–H and O–H groups in total. The number of halogens is 3. The van der Waals surface area contributed by atoms with E-state index in [1.54, 1.807) is 6.07 Å². The Balaban J connectivity index is 2.12. The summed E-state index contributed by atoms with van der Waals surface area (Å²) in [5.41, 5.74) is -5.64. The molecular formula is C14H11F3N6O4S. The van der Waals surface area contributed by atoms with Crippen LogP contribution in [0.3, 0.4) is 0 Å². The quantitative estimate of drug-likeness (QED) is 0.436. The Labute approximate surface area is 155 Å². The molecule has 10 nitrogen and oxygen atoms in total. The maximum absolute atomic E-state index is 12.7. The second-order valence-corrected chi connectivity index (χ2v) is 6.94. The first-order valence-corrected chi connectivity index (χ1v) is 8.89. The van der Waals surface area contributed by atoms with Crippen LogP contribution in [0.25, 0.3) is 16.8 Å². The molecule has 0 saturated heterocycles. The predicted octanol–water partition coefficient (Wildman–Crippen LogP) is 1.34. The van der Waals surface area contributed by atoms with E-state index in [1.807, 2.05) is 0 Å². The van der Waals surface area contributed by atoms with Gasteiger partial charge in [0.1, 0.15) is 22.8 Å². The molecule has 0 amide bonds. The topological polar surface area (TPSA) is 124 Å². The molecule has 0 unspecified atom stereocenters. The smallest absolute Gasteiger partial charge is 0.383 e. The number of methoxy groups -OCH3 is 1. The summed E-state index contributed by atoms with van der Waals surface area (Å²) in [5.74, 6) is -0.713. The summed E-state index contributed by atoms with van der Waals surface area (Å²) in [7, 11) is -4.46. The molecule has 14 heteroatoms. The van der Waals surface area contributed by atoms with Crippen LogP contribution in [0.15, 0.2) is 24.7 Å². The van der Waals surface area contributed by atoms with Gasteiger partial charge >= 0.3 is 15.6 Å². The van der Waals surface area contributed by atoms with E-state index in [4.69, 9.17) is 10.00 Å². The number of hydrogen-bond acceptors (Lipinski definition) is 8. The van der Waals surface area contributed by atoms with Crippen molar-refractivity contribution in [3.05, 3.63) is 30.2 Å². The molecule has 3 rings (SSSR count). The first-order chi connectivity index (χ1) is 13.2. The molecular weight excluding hydrogens is 405 g/mol. The van der Waals surface area contributed by atoms with Gasteiger partial charge in [-0.2, -0.15) is 31.9 Å². The fourth-order valence-corrected chi connectivity index (χ4v) is 2.72. The van der Waals surface area contributed by atoms with Gasteiger partial charge in [0.2, 0.25) is 0 Å². The van der Waals surface area contributed by atoms with E-state index in [-0.39, 0.29) is 22.3 Å². The van der Waals surface area contributed by atoms with Crippen molar-refractivity contribution in [2.24, 2.45) is 0 Å². The molecule has 0 atom stereocenters. The van der Waals surface area contributed by atoms with Gasteiger partial charge < -0.3 is 8.92 Å². The first-order valence-electron chi connectivity index (χ1n) is 7.48. The highest BCUT2D eigenvalue weighted by molar-refractivity contribution is 7.88. The standard InChI is InChI=1S/C14H11F3N6O4S/c1-26-3-2-22-8-11(20-21-22)9-4-12(27-28(24,25)14(15,16)17)13-10(5-18)6-19-23(13)7-9/h4,6-8H,2-3H2,1H3. The number of nitriles is 1. The fourth-order valence-electron chi connectivity index (χ4n) is 2.26. The van der Waals surface area contributed by atoms with Crippen molar-refractivity contribution in [2.75, 3.05) is 13.7 Å². The van der Waals surface area contributed by atoms with Crippen molar-refractivity contribution in [1.82, 2.24) is 24.6 Å². The lowest BCUT2D eigenvalue weighted by atomic mass is 10.2. The zero-order chi connectivity index (χ0) is 20.5. The summed E-state index contributed by atoms with van der Waals surface area (Å²) in [4.78, 5) is 0. The zero-order valence-electron chi connectivity index (χ0n) is 14.1. The maximum atomic E-state index is 12.7. The van der Waals surface area contributed by atoms with Gasteiger partial charge in [0.05, 0.1) is 25.5 Å². The maximum Gasteiger partial charge on any atom is 0.534 e. The Kier molecular flexibility index (Phi) is 4.96. The van der Waals surface area contributed by atoms with Gasteiger partial charge in [0.15, 0.2) is 5.75 Å². The minimum Gasteiger partial charge on any atom is -0.383 e. The van der Waals surface area contributed by atoms with E-state index in [2.05, 4.69) is 19.6 Å². The number of aromatic nitrogens is 5. The van der Waals surface area contributed by atoms with Crippen molar-refractivity contribution in [2.45, 2.75) is 12.1 Å². The highest BCUT2D eigenvalue weighted by Gasteiger charge is 2.49. The van der Waals surface area contributed by atoms with Gasteiger partial charge in [-0.1, -0.05) is 5.21 Å². The van der Waals surface area contributed by atoms with Crippen LogP contribution in [0, 0.1) is 11.3 Å². The van der Waals surface area contributed by atoms with E-state index < -0.39 is 21.4 Å². The van der Waals surface area contributed by atoms with Gasteiger partial charge in [-0.25, -0.2) is 9.20 Å². The molecule has 0 radical (unpaired) electrons. The molecule has 0 aliphatic rings. The van der Waals surface area contributed by atoms with Crippen molar-refractivity contribution >= 4 is 15.6 Å². The van der Waals surface area contributed by atoms with Crippen LogP contribution in [-0.2, 0) is 21.4 Å². The summed E-state index contributed by atoms with van der Waals surface area (Å²) < 4.78 is 72.8. The monoisotopic (exact) mass is 416 g/mol. The number of fused-ring (bicyclic) bond motifs is 1. The molecule has 3 aromatic heterocycles. The van der Waals surface area contributed by atoms with Gasteiger partial charge in [0.25, 0.3) is 0 Å². The van der Waals surface area contributed by atoms with Gasteiger partial charge in [-0.3, -0.25) is 0 Å². The SMILES string of the molecule is COCCn1cc(-c2cc(OS(=O)(=O)C(F)(F)F)c3c(C#N)cnn3c2)nn1. The number of ether oxygens (including phenoxy) is 1. The number of nitrogens with zero attached hydrogens (tertiary/aromatic N) is 6. The minimum absolute atomic E-state index is 0.164. The van der Waals surface area contributed by atoms with Crippen LogP contribution in [0.5, 0.6) is 5.75 Å². The summed E-state index contributed by atoms with van der Waals surface area (Å²) in [6.07, 6.45) is 3.91. The second kappa shape index (κ2) is 7.09. The van der Waals surface area contributed by atoms with Crippen molar-refractivity contribution in [3.8, 4) is 23.1 Å². The summed E-state index contributed by atoms with van der Waals surface area (Å²) >= 11 is 0. The molecule has 0 fully saturated rings. The molecule has 0 bridgehead atoms. The van der Waals surface area contributed by atoms with Crippen molar-refractivity contribution in [1.29, 1.82) is 5.26 Å². The number of hydrogen-bond donors (Lipinski definition) is 0. The highest BCUT2D eigenvalue weighted by Crippen LogP contribution is 2.33. The van der Waals surface area contributed by atoms with Crippen LogP contribution in [0.4, 0.5) is 13.2 Å². The Morgan fingerprint density at radius 3 is 2.71 bits per heavy atom. The highest BCUT2D eigenvalue weighted by atomic mass is 32.2. The Hall–Kier alpha value is -3.18. The second-order valence-electron chi connectivity index (χ2n) is 5.40. The Morgan fingerprint density at radius 1 is 1.32 bits per heavy atom. The average Bonchev–Trinajstić information content (AvgIpc) is 3.25. The molecule has 3 heterocycles. The molecule has 0 aliphatic carbocycles. The zero-order valence-corrected chi connectivity index (χ0v) is 14.9. The molecule has 0 spiro atoms. The number of rotatable bonds is 6. The number of pyridine rings is 1. The lowest BCUT2D eigenvalue weighted by Crippen LogP contribution is -2.28. The summed E-state index contributed by atoms with van der Waals surface area (Å²) in [5, 5.41) is 20.7. The Bertz CT molecular complexity index is 1160. The molecule has 0 aliphatic heterocycles. The van der Waals surface area contributed by atoms with Crippen molar-refractivity contribution < 1.29 is 30.5 Å². The van der Waals surface area contributed by atoms with E-state index >= 15 is 0 Å². The lowest BCUT2D eigenvalue weighted by molar-refractivity contribution is -0.0499. The van der Waals surface area contributed by atoms with Crippen LogP contribution >= 0.6 is 0 Å². The third-order valence-electron chi connectivity index (χ3n) is 3.54. The normalized spacial score (nSPS) is 12.2.